The first-order chi connectivity index (χ1) is 17.7. The molecule has 2 fully saturated rings. The van der Waals surface area contributed by atoms with Gasteiger partial charge >= 0.3 is 12.1 Å². The highest BCUT2D eigenvalue weighted by molar-refractivity contribution is 7.10. The van der Waals surface area contributed by atoms with Crippen molar-refractivity contribution in [2.75, 3.05) is 30.4 Å². The molecule has 10 nitrogen and oxygen atoms in total. The zero-order chi connectivity index (χ0) is 26.7. The summed E-state index contributed by atoms with van der Waals surface area (Å²) < 4.78 is 4.80. The lowest BCUT2D eigenvalue weighted by atomic mass is 10.0. The number of carbonyl (C=O) groups is 4. The van der Waals surface area contributed by atoms with E-state index in [4.69, 9.17) is 4.74 Å². The van der Waals surface area contributed by atoms with Gasteiger partial charge in [0.05, 0.1) is 30.9 Å². The molecule has 3 unspecified atom stereocenters. The molecule has 1 aromatic carbocycles. The maximum atomic E-state index is 13.1. The Balaban J connectivity index is 1.57. The number of anilines is 2. The number of nitrogens with zero attached hydrogens (tertiary/aromatic N) is 2. The number of carbonyl (C=O) groups excluding carboxylic acids is 3. The van der Waals surface area contributed by atoms with Gasteiger partial charge in [0.1, 0.15) is 0 Å². The van der Waals surface area contributed by atoms with E-state index in [-0.39, 0.29) is 35.9 Å². The number of benzene rings is 1. The summed E-state index contributed by atoms with van der Waals surface area (Å²) in [5, 5.41) is 16.6. The molecular formula is C26H32N4O6S. The number of hydrogen-bond donors (Lipinski definition) is 3. The standard InChI is InChI=1S/C26H32N4O6S/c1-15-14-30(25(34)17-6-7-17)16(2)13-29(15)21-9-8-18(11-19(21)28-26(35)36-3)24(33)27-20(12-23(31)32)22-5-4-10-37-22/h4-5,8-11,15-17,20H,6-7,12-14H2,1-3H3,(H,27,33)(H,28,35)(H,31,32). The van der Waals surface area contributed by atoms with Crippen LogP contribution >= 0.6 is 11.3 Å². The van der Waals surface area contributed by atoms with Crippen LogP contribution in [0.25, 0.3) is 0 Å². The Hall–Kier alpha value is -3.60. The lowest BCUT2D eigenvalue weighted by Crippen LogP contribution is -2.58. The molecule has 1 aliphatic heterocycles. The molecule has 1 aliphatic carbocycles. The van der Waals surface area contributed by atoms with E-state index < -0.39 is 24.0 Å². The summed E-state index contributed by atoms with van der Waals surface area (Å²) in [5.74, 6) is -1.12. The first-order valence-electron chi connectivity index (χ1n) is 12.3. The van der Waals surface area contributed by atoms with Crippen molar-refractivity contribution in [2.24, 2.45) is 5.92 Å². The Morgan fingerprint density at radius 3 is 2.51 bits per heavy atom. The molecule has 1 saturated carbocycles. The fourth-order valence-corrected chi connectivity index (χ4v) is 5.43. The number of piperazine rings is 1. The van der Waals surface area contributed by atoms with E-state index in [1.165, 1.54) is 18.4 Å². The van der Waals surface area contributed by atoms with Crippen LogP contribution in [0.5, 0.6) is 0 Å². The van der Waals surface area contributed by atoms with E-state index in [1.54, 1.807) is 30.3 Å². The minimum atomic E-state index is -1.02. The maximum Gasteiger partial charge on any atom is 0.411 e. The SMILES string of the molecule is COC(=O)Nc1cc(C(=O)NC(CC(=O)O)c2cccs2)ccc1N1CC(C)N(C(=O)C2CC2)CC1C. The normalized spacial score (nSPS) is 20.2. The number of ether oxygens (including phenoxy) is 1. The monoisotopic (exact) mass is 528 g/mol. The Morgan fingerprint density at radius 1 is 1.14 bits per heavy atom. The van der Waals surface area contributed by atoms with Gasteiger partial charge in [-0.05, 0) is 56.3 Å². The third kappa shape index (κ3) is 6.22. The van der Waals surface area contributed by atoms with Crippen molar-refractivity contribution in [1.82, 2.24) is 10.2 Å². The van der Waals surface area contributed by atoms with Crippen LogP contribution in [-0.4, -0.2) is 66.2 Å². The molecule has 37 heavy (non-hydrogen) atoms. The smallest absolute Gasteiger partial charge is 0.411 e. The average Bonchev–Trinajstić information content (AvgIpc) is 3.57. The Bertz CT molecular complexity index is 1170. The molecule has 1 aromatic heterocycles. The van der Waals surface area contributed by atoms with Gasteiger partial charge in [-0.15, -0.1) is 11.3 Å². The van der Waals surface area contributed by atoms with Crippen molar-refractivity contribution in [3.63, 3.8) is 0 Å². The fourth-order valence-electron chi connectivity index (χ4n) is 4.65. The molecule has 3 atom stereocenters. The number of thiophene rings is 1. The van der Waals surface area contributed by atoms with Crippen molar-refractivity contribution < 1.29 is 29.0 Å². The number of rotatable bonds is 8. The summed E-state index contributed by atoms with van der Waals surface area (Å²) in [6.07, 6.45) is 0.980. The van der Waals surface area contributed by atoms with Gasteiger partial charge < -0.3 is 25.0 Å². The largest absolute Gasteiger partial charge is 0.481 e. The number of carboxylic acids is 1. The van der Waals surface area contributed by atoms with Crippen LogP contribution in [0, 0.1) is 5.92 Å². The van der Waals surface area contributed by atoms with Crippen LogP contribution in [0.1, 0.15) is 54.4 Å². The van der Waals surface area contributed by atoms with Gasteiger partial charge in [-0.2, -0.15) is 0 Å². The second-order valence-electron chi connectivity index (χ2n) is 9.60. The Morgan fingerprint density at radius 2 is 1.89 bits per heavy atom. The van der Waals surface area contributed by atoms with Crippen molar-refractivity contribution in [2.45, 2.75) is 51.2 Å². The van der Waals surface area contributed by atoms with E-state index in [1.807, 2.05) is 24.1 Å². The van der Waals surface area contributed by atoms with Crippen molar-refractivity contribution >= 4 is 46.6 Å². The molecule has 4 rings (SSSR count). The molecule has 198 valence electrons. The highest BCUT2D eigenvalue weighted by Crippen LogP contribution is 2.36. The second-order valence-corrected chi connectivity index (χ2v) is 10.6. The van der Waals surface area contributed by atoms with E-state index in [0.717, 1.165) is 17.7 Å². The van der Waals surface area contributed by atoms with Gasteiger partial charge in [-0.25, -0.2) is 4.79 Å². The van der Waals surface area contributed by atoms with Crippen LogP contribution < -0.4 is 15.5 Å². The molecule has 3 N–H and O–H groups in total. The van der Waals surface area contributed by atoms with Crippen molar-refractivity contribution in [1.29, 1.82) is 0 Å². The molecule has 2 heterocycles. The van der Waals surface area contributed by atoms with Crippen LogP contribution in [-0.2, 0) is 14.3 Å². The van der Waals surface area contributed by atoms with Gasteiger partial charge in [0.15, 0.2) is 0 Å². The summed E-state index contributed by atoms with van der Waals surface area (Å²) in [6, 6.07) is 7.84. The molecule has 2 aromatic rings. The molecule has 0 spiro atoms. The predicted molar refractivity (Wildman–Crippen MR) is 140 cm³/mol. The van der Waals surface area contributed by atoms with E-state index in [2.05, 4.69) is 15.5 Å². The van der Waals surface area contributed by atoms with Crippen LogP contribution in [0.2, 0.25) is 0 Å². The topological polar surface area (TPSA) is 128 Å². The first kappa shape index (κ1) is 26.5. The van der Waals surface area contributed by atoms with Crippen molar-refractivity contribution in [3.8, 4) is 0 Å². The number of nitrogens with one attached hydrogen (secondary N) is 2. The summed E-state index contributed by atoms with van der Waals surface area (Å²) >= 11 is 1.37. The predicted octanol–water partition coefficient (Wildman–Crippen LogP) is 3.71. The highest BCUT2D eigenvalue weighted by Gasteiger charge is 2.39. The first-order valence-corrected chi connectivity index (χ1v) is 13.2. The van der Waals surface area contributed by atoms with E-state index in [9.17, 15) is 24.3 Å². The fraction of sp³-hybridized carbons (Fsp3) is 0.462. The number of aliphatic carboxylic acids is 1. The average molecular weight is 529 g/mol. The molecular weight excluding hydrogens is 496 g/mol. The number of amides is 3. The highest BCUT2D eigenvalue weighted by atomic mass is 32.1. The summed E-state index contributed by atoms with van der Waals surface area (Å²) in [5.41, 5.74) is 1.37. The summed E-state index contributed by atoms with van der Waals surface area (Å²) in [6.45, 7) is 5.18. The van der Waals surface area contributed by atoms with Gasteiger partial charge in [-0.1, -0.05) is 6.07 Å². The molecule has 11 heteroatoms. The molecule has 0 bridgehead atoms. The molecule has 3 amide bonds. The van der Waals surface area contributed by atoms with E-state index in [0.29, 0.717) is 24.5 Å². The molecule has 1 saturated heterocycles. The Labute approximate surface area is 219 Å². The molecule has 2 aliphatic rings. The summed E-state index contributed by atoms with van der Waals surface area (Å²) in [7, 11) is 1.26. The zero-order valence-corrected chi connectivity index (χ0v) is 21.9. The quantitative estimate of drug-likeness (QED) is 0.477. The second kappa shape index (κ2) is 11.2. The van der Waals surface area contributed by atoms with Gasteiger partial charge in [0.2, 0.25) is 5.91 Å². The van der Waals surface area contributed by atoms with Gasteiger partial charge in [0.25, 0.3) is 5.91 Å². The number of methoxy groups -OCH3 is 1. The van der Waals surface area contributed by atoms with Crippen molar-refractivity contribution in [3.05, 3.63) is 46.2 Å². The number of hydrogen-bond acceptors (Lipinski definition) is 7. The molecule has 0 radical (unpaired) electrons. The lowest BCUT2D eigenvalue weighted by Gasteiger charge is -2.46. The minimum absolute atomic E-state index is 0.0131. The van der Waals surface area contributed by atoms with Gasteiger partial charge in [-0.3, -0.25) is 19.7 Å². The van der Waals surface area contributed by atoms with Crippen LogP contribution in [0.4, 0.5) is 16.2 Å². The van der Waals surface area contributed by atoms with Crippen LogP contribution in [0.3, 0.4) is 0 Å². The zero-order valence-electron chi connectivity index (χ0n) is 21.1. The summed E-state index contributed by atoms with van der Waals surface area (Å²) in [4.78, 5) is 54.2. The minimum Gasteiger partial charge on any atom is -0.481 e. The number of carboxylic acid groups (broad SMARTS) is 1. The van der Waals surface area contributed by atoms with E-state index >= 15 is 0 Å². The lowest BCUT2D eigenvalue weighted by molar-refractivity contribution is -0.137. The van der Waals surface area contributed by atoms with Gasteiger partial charge in [0, 0.05) is 41.5 Å². The third-order valence-electron chi connectivity index (χ3n) is 6.76. The maximum absolute atomic E-state index is 13.1. The third-order valence-corrected chi connectivity index (χ3v) is 7.74. The Kier molecular flexibility index (Phi) is 8.01. The van der Waals surface area contributed by atoms with Crippen LogP contribution in [0.15, 0.2) is 35.7 Å².